The molecular weight excluding hydrogens is 552 g/mol. The molecule has 42 heavy (non-hydrogen) atoms. The number of hydrogen-bond acceptors (Lipinski definition) is 12. The van der Waals surface area contributed by atoms with Crippen molar-refractivity contribution in [1.29, 1.82) is 0 Å². The van der Waals surface area contributed by atoms with E-state index >= 15 is 0 Å². The fraction of sp³-hybridized carbons (Fsp3) is 0.733. The Labute approximate surface area is 242 Å². The Bertz CT molecular complexity index is 1320. The maximum absolute atomic E-state index is 13.4. The summed E-state index contributed by atoms with van der Waals surface area (Å²) in [7, 11) is 0. The van der Waals surface area contributed by atoms with Crippen molar-refractivity contribution in [2.75, 3.05) is 6.61 Å². The quantitative estimate of drug-likeness (QED) is 0.297. The SMILES string of the molecule is CC(=O)OC[C@@]12[C@H]3[C@@H](OC(C)=O)C[C@@]4(C)[C@H](c5ccoc5)OC(=O)[C@H]5O[C@]54[C@]3(C)[C@H](O)C[C@H]1C(C)(C)OC(=O)C[C@@H]2O. The number of epoxide rings is 1. The predicted octanol–water partition coefficient (Wildman–Crippen LogP) is 2.00. The molecule has 230 valence electrons. The largest absolute Gasteiger partial charge is 0.472 e. The lowest BCUT2D eigenvalue weighted by Crippen LogP contribution is -2.78. The van der Waals surface area contributed by atoms with Crippen molar-refractivity contribution in [3.8, 4) is 0 Å². The Kier molecular flexibility index (Phi) is 6.26. The van der Waals surface area contributed by atoms with Crippen LogP contribution in [-0.4, -0.2) is 76.3 Å². The first-order chi connectivity index (χ1) is 19.6. The highest BCUT2D eigenvalue weighted by Crippen LogP contribution is 2.79. The smallest absolute Gasteiger partial charge is 0.339 e. The molecule has 0 bridgehead atoms. The predicted molar refractivity (Wildman–Crippen MR) is 139 cm³/mol. The van der Waals surface area contributed by atoms with Crippen LogP contribution in [0.5, 0.6) is 0 Å². The van der Waals surface area contributed by atoms with Gasteiger partial charge in [-0.1, -0.05) is 13.8 Å². The Morgan fingerprint density at radius 3 is 2.38 bits per heavy atom. The lowest BCUT2D eigenvalue weighted by Gasteiger charge is -2.69. The molecule has 2 N–H and O–H groups in total. The van der Waals surface area contributed by atoms with Crippen molar-refractivity contribution in [1.82, 2.24) is 0 Å². The van der Waals surface area contributed by atoms with Crippen LogP contribution < -0.4 is 0 Å². The highest BCUT2D eigenvalue weighted by Gasteiger charge is 2.90. The molecule has 3 saturated heterocycles. The second-order valence-corrected chi connectivity index (χ2v) is 13.6. The van der Waals surface area contributed by atoms with Gasteiger partial charge in [-0.25, -0.2) is 4.79 Å². The molecule has 2 saturated carbocycles. The van der Waals surface area contributed by atoms with Crippen LogP contribution in [0.25, 0.3) is 0 Å². The molecule has 11 atom stereocenters. The van der Waals surface area contributed by atoms with E-state index in [1.807, 2.05) is 6.92 Å². The standard InChI is InChI=1S/C30H38O12/c1-14(31)38-13-29-18(26(3,4)41-21(35)10-20(29)34)9-19(33)28(6)22(29)17(39-15(2)32)11-27(5)23(16-7-8-37-12-16)40-25(36)24-30(27,28)42-24/h7-8,12,17-20,22-24,33-34H,9-11,13H2,1-6H3/t17-,18-,19+,20-,22-,23-,24+,27-,28+,29+,30+/m0/s1. The van der Waals surface area contributed by atoms with Gasteiger partial charge in [0.15, 0.2) is 6.10 Å². The summed E-state index contributed by atoms with van der Waals surface area (Å²) >= 11 is 0. The number of hydrogen-bond donors (Lipinski definition) is 2. The van der Waals surface area contributed by atoms with Crippen LogP contribution in [-0.2, 0) is 42.9 Å². The fourth-order valence-corrected chi connectivity index (χ4v) is 9.82. The monoisotopic (exact) mass is 590 g/mol. The highest BCUT2D eigenvalue weighted by atomic mass is 16.7. The van der Waals surface area contributed by atoms with Crippen LogP contribution in [0.2, 0.25) is 0 Å². The zero-order chi connectivity index (χ0) is 30.6. The van der Waals surface area contributed by atoms with Gasteiger partial charge in [0.25, 0.3) is 0 Å². The van der Waals surface area contributed by atoms with Gasteiger partial charge in [0.05, 0.1) is 31.2 Å². The normalized spacial score (nSPS) is 46.8. The summed E-state index contributed by atoms with van der Waals surface area (Å²) in [6, 6.07) is 1.69. The van der Waals surface area contributed by atoms with Crippen molar-refractivity contribution in [3.63, 3.8) is 0 Å². The zero-order valence-corrected chi connectivity index (χ0v) is 24.6. The summed E-state index contributed by atoms with van der Waals surface area (Å²) in [6.07, 6.45) is -2.83. The Hall–Kier alpha value is -2.96. The third kappa shape index (κ3) is 3.51. The summed E-state index contributed by atoms with van der Waals surface area (Å²) in [5.41, 5.74) is -5.82. The molecule has 0 radical (unpaired) electrons. The first-order valence-electron chi connectivity index (χ1n) is 14.3. The highest BCUT2D eigenvalue weighted by molar-refractivity contribution is 5.82. The molecule has 5 fully saturated rings. The first-order valence-corrected chi connectivity index (χ1v) is 14.3. The minimum absolute atomic E-state index is 0.0116. The molecule has 0 amide bonds. The molecule has 1 aromatic heterocycles. The van der Waals surface area contributed by atoms with E-state index in [9.17, 15) is 29.4 Å². The van der Waals surface area contributed by atoms with Gasteiger partial charge in [-0.2, -0.15) is 0 Å². The van der Waals surface area contributed by atoms with Crippen LogP contribution in [0.1, 0.15) is 72.5 Å². The molecule has 0 aromatic carbocycles. The number of esters is 4. The van der Waals surface area contributed by atoms with E-state index in [0.717, 1.165) is 0 Å². The lowest BCUT2D eigenvalue weighted by molar-refractivity contribution is -0.310. The minimum atomic E-state index is -1.45. The lowest BCUT2D eigenvalue weighted by atomic mass is 9.35. The molecule has 3 aliphatic heterocycles. The summed E-state index contributed by atoms with van der Waals surface area (Å²) in [5.74, 6) is -4.15. The van der Waals surface area contributed by atoms with Gasteiger partial charge < -0.3 is 38.3 Å². The van der Waals surface area contributed by atoms with Gasteiger partial charge in [0.2, 0.25) is 0 Å². The van der Waals surface area contributed by atoms with E-state index in [1.54, 1.807) is 26.8 Å². The van der Waals surface area contributed by atoms with Crippen LogP contribution >= 0.6 is 0 Å². The Balaban J connectivity index is 1.63. The maximum Gasteiger partial charge on any atom is 0.339 e. The number of furan rings is 1. The number of carbonyl (C=O) groups is 4. The van der Waals surface area contributed by atoms with Crippen LogP contribution in [0.15, 0.2) is 23.0 Å². The van der Waals surface area contributed by atoms with E-state index in [-0.39, 0.29) is 19.4 Å². The van der Waals surface area contributed by atoms with E-state index in [2.05, 4.69) is 0 Å². The molecular formula is C30H38O12. The van der Waals surface area contributed by atoms with Crippen molar-refractivity contribution in [3.05, 3.63) is 24.2 Å². The number of carbonyl (C=O) groups excluding carboxylic acids is 4. The van der Waals surface area contributed by atoms with E-state index in [0.29, 0.717) is 5.56 Å². The first kappa shape index (κ1) is 29.1. The van der Waals surface area contributed by atoms with Crippen molar-refractivity contribution >= 4 is 23.9 Å². The van der Waals surface area contributed by atoms with E-state index in [1.165, 1.54) is 26.4 Å². The maximum atomic E-state index is 13.4. The average molecular weight is 591 g/mol. The minimum Gasteiger partial charge on any atom is -0.472 e. The average Bonchev–Trinajstić information content (AvgIpc) is 3.47. The Morgan fingerprint density at radius 2 is 1.76 bits per heavy atom. The van der Waals surface area contributed by atoms with E-state index < -0.39 is 100 Å². The number of aliphatic hydroxyl groups is 2. The summed E-state index contributed by atoms with van der Waals surface area (Å²) in [6.45, 7) is 9.22. The molecule has 4 heterocycles. The molecule has 2 aliphatic carbocycles. The van der Waals surface area contributed by atoms with Crippen LogP contribution in [0.4, 0.5) is 0 Å². The zero-order valence-electron chi connectivity index (χ0n) is 24.6. The molecule has 1 aromatic rings. The molecule has 12 heteroatoms. The number of aliphatic hydroxyl groups excluding tert-OH is 2. The van der Waals surface area contributed by atoms with Crippen molar-refractivity contribution in [2.24, 2.45) is 28.1 Å². The third-order valence-corrected chi connectivity index (χ3v) is 11.2. The molecule has 0 unspecified atom stereocenters. The summed E-state index contributed by atoms with van der Waals surface area (Å²) < 4.78 is 35.2. The van der Waals surface area contributed by atoms with Gasteiger partial charge in [0, 0.05) is 47.5 Å². The van der Waals surface area contributed by atoms with Crippen LogP contribution in [0, 0.1) is 28.1 Å². The van der Waals surface area contributed by atoms with Gasteiger partial charge in [-0.15, -0.1) is 0 Å². The van der Waals surface area contributed by atoms with Crippen molar-refractivity contribution in [2.45, 2.75) is 103 Å². The molecule has 1 spiro atoms. The number of fused-ring (bicyclic) bond motifs is 3. The second kappa shape index (κ2) is 9.03. The Morgan fingerprint density at radius 1 is 1.05 bits per heavy atom. The third-order valence-electron chi connectivity index (χ3n) is 11.2. The van der Waals surface area contributed by atoms with Crippen molar-refractivity contribution < 1.29 is 57.5 Å². The van der Waals surface area contributed by atoms with E-state index in [4.69, 9.17) is 28.1 Å². The number of ether oxygens (including phenoxy) is 5. The summed E-state index contributed by atoms with van der Waals surface area (Å²) in [5, 5.41) is 24.2. The molecule has 12 nitrogen and oxygen atoms in total. The summed E-state index contributed by atoms with van der Waals surface area (Å²) in [4.78, 5) is 51.4. The fourth-order valence-electron chi connectivity index (χ4n) is 9.82. The van der Waals surface area contributed by atoms with Crippen LogP contribution in [0.3, 0.4) is 0 Å². The molecule has 6 rings (SSSR count). The van der Waals surface area contributed by atoms with Gasteiger partial charge in [-0.05, 0) is 32.8 Å². The van der Waals surface area contributed by atoms with Gasteiger partial charge in [-0.3, -0.25) is 14.4 Å². The van der Waals surface area contributed by atoms with Gasteiger partial charge in [0.1, 0.15) is 30.0 Å². The van der Waals surface area contributed by atoms with Gasteiger partial charge >= 0.3 is 23.9 Å². The number of rotatable bonds is 4. The number of cyclic esters (lactones) is 2. The molecule has 5 aliphatic rings. The second-order valence-electron chi connectivity index (χ2n) is 13.6. The topological polar surface area (TPSA) is 171 Å².